The molecule has 1 heterocycles. The lowest BCUT2D eigenvalue weighted by Gasteiger charge is -2.06. The third kappa shape index (κ3) is 4.19. The highest BCUT2D eigenvalue weighted by atomic mass is 16.1. The molecule has 2 aromatic rings. The average Bonchev–Trinajstić information content (AvgIpc) is 3.29. The molecule has 0 aromatic heterocycles. The van der Waals surface area contributed by atoms with Gasteiger partial charge in [0.1, 0.15) is 0 Å². The molecule has 0 radical (unpaired) electrons. The molecule has 4 nitrogen and oxygen atoms in total. The first-order chi connectivity index (χ1) is 11.1. The predicted octanol–water partition coefficient (Wildman–Crippen LogP) is 3.76. The van der Waals surface area contributed by atoms with E-state index in [0.717, 1.165) is 17.9 Å². The minimum absolute atomic E-state index is 0.0341. The van der Waals surface area contributed by atoms with Gasteiger partial charge in [-0.2, -0.15) is 5.10 Å². The van der Waals surface area contributed by atoms with Crippen LogP contribution in [0.15, 0.2) is 59.7 Å². The number of hydrogen-bond acceptors (Lipinski definition) is 3. The molecule has 1 atom stereocenters. The number of hydrazone groups is 1. The maximum absolute atomic E-state index is 12.1. The van der Waals surface area contributed by atoms with Gasteiger partial charge >= 0.3 is 0 Å². The van der Waals surface area contributed by atoms with Gasteiger partial charge in [-0.25, -0.2) is 0 Å². The first-order valence-electron chi connectivity index (χ1n) is 7.84. The van der Waals surface area contributed by atoms with Gasteiger partial charge in [-0.1, -0.05) is 48.0 Å². The maximum atomic E-state index is 12.1. The lowest BCUT2D eigenvalue weighted by Crippen LogP contribution is -2.15. The van der Waals surface area contributed by atoms with E-state index in [-0.39, 0.29) is 5.91 Å². The smallest absolute Gasteiger partial charge is 0.230 e. The molecule has 1 saturated heterocycles. The Kier molecular flexibility index (Phi) is 4.42. The van der Waals surface area contributed by atoms with Crippen LogP contribution in [0.2, 0.25) is 0 Å². The van der Waals surface area contributed by atoms with E-state index in [2.05, 4.69) is 22.6 Å². The van der Waals surface area contributed by atoms with Gasteiger partial charge < -0.3 is 5.32 Å². The van der Waals surface area contributed by atoms with Crippen molar-refractivity contribution in [1.82, 2.24) is 5.01 Å². The Labute approximate surface area is 136 Å². The molecule has 2 aromatic carbocycles. The van der Waals surface area contributed by atoms with Crippen LogP contribution in [-0.2, 0) is 4.79 Å². The van der Waals surface area contributed by atoms with Gasteiger partial charge in [-0.15, -0.1) is 0 Å². The van der Waals surface area contributed by atoms with Crippen molar-refractivity contribution < 1.29 is 4.79 Å². The second-order valence-corrected chi connectivity index (χ2v) is 5.97. The maximum Gasteiger partial charge on any atom is 0.230 e. The molecule has 118 valence electrons. The summed E-state index contributed by atoms with van der Waals surface area (Å²) in [4.78, 5) is 12.1. The summed E-state index contributed by atoms with van der Waals surface area (Å²) in [7, 11) is 0. The normalized spacial score (nSPS) is 17.0. The fraction of sp³-hybridized carbons (Fsp3) is 0.263. The Morgan fingerprint density at radius 2 is 1.87 bits per heavy atom. The standard InChI is InChI=1S/C19H21N3O/c1-14-8-10-17(11-9-14)20-19(23)12-15(2)21-22-13-18(22)16-6-4-3-5-7-16/h3-11,18H,12-13H2,1-2H3,(H,20,23)/b21-15+. The summed E-state index contributed by atoms with van der Waals surface area (Å²) >= 11 is 0. The minimum atomic E-state index is -0.0341. The van der Waals surface area contributed by atoms with E-state index < -0.39 is 0 Å². The van der Waals surface area contributed by atoms with Crippen LogP contribution < -0.4 is 5.32 Å². The molecule has 1 fully saturated rings. The summed E-state index contributed by atoms with van der Waals surface area (Å²) in [5.41, 5.74) is 4.10. The number of carbonyl (C=O) groups is 1. The van der Waals surface area contributed by atoms with Gasteiger partial charge in [-0.05, 0) is 31.5 Å². The van der Waals surface area contributed by atoms with Gasteiger partial charge in [0.25, 0.3) is 0 Å². The summed E-state index contributed by atoms with van der Waals surface area (Å²) in [6, 6.07) is 18.5. The second kappa shape index (κ2) is 6.65. The fourth-order valence-corrected chi connectivity index (χ4v) is 2.52. The molecule has 1 N–H and O–H groups in total. The van der Waals surface area contributed by atoms with E-state index in [9.17, 15) is 4.79 Å². The lowest BCUT2D eigenvalue weighted by molar-refractivity contribution is -0.115. The Morgan fingerprint density at radius 1 is 1.17 bits per heavy atom. The number of carbonyl (C=O) groups excluding carboxylic acids is 1. The van der Waals surface area contributed by atoms with Gasteiger partial charge in [0.15, 0.2) is 0 Å². The highest BCUT2D eigenvalue weighted by Gasteiger charge is 2.34. The summed E-state index contributed by atoms with van der Waals surface area (Å²) in [5, 5.41) is 9.45. The van der Waals surface area contributed by atoms with Gasteiger partial charge in [0.05, 0.1) is 19.0 Å². The third-order valence-electron chi connectivity index (χ3n) is 3.82. The van der Waals surface area contributed by atoms with Crippen LogP contribution in [0.1, 0.15) is 30.5 Å². The van der Waals surface area contributed by atoms with Crippen molar-refractivity contribution in [1.29, 1.82) is 0 Å². The van der Waals surface area contributed by atoms with E-state index in [1.807, 2.05) is 61.3 Å². The quantitative estimate of drug-likeness (QED) is 0.675. The Balaban J connectivity index is 1.52. The van der Waals surface area contributed by atoms with Crippen LogP contribution >= 0.6 is 0 Å². The average molecular weight is 307 g/mol. The lowest BCUT2D eigenvalue weighted by atomic mass is 10.2. The zero-order valence-electron chi connectivity index (χ0n) is 13.5. The molecule has 1 aliphatic heterocycles. The molecular formula is C19H21N3O. The molecular weight excluding hydrogens is 286 g/mol. The van der Waals surface area contributed by atoms with E-state index in [1.54, 1.807) is 0 Å². The number of hydrogen-bond donors (Lipinski definition) is 1. The molecule has 0 spiro atoms. The molecule has 3 rings (SSSR count). The first kappa shape index (κ1) is 15.3. The van der Waals surface area contributed by atoms with Gasteiger partial charge in [-0.3, -0.25) is 9.80 Å². The Hall–Kier alpha value is -2.62. The molecule has 23 heavy (non-hydrogen) atoms. The van der Waals surface area contributed by atoms with E-state index in [4.69, 9.17) is 0 Å². The summed E-state index contributed by atoms with van der Waals surface area (Å²) in [5.74, 6) is -0.0341. The minimum Gasteiger partial charge on any atom is -0.326 e. The largest absolute Gasteiger partial charge is 0.326 e. The summed E-state index contributed by atoms with van der Waals surface area (Å²) < 4.78 is 0. The second-order valence-electron chi connectivity index (χ2n) is 5.97. The van der Waals surface area contributed by atoms with Crippen LogP contribution in [0.25, 0.3) is 0 Å². The molecule has 0 bridgehead atoms. The third-order valence-corrected chi connectivity index (χ3v) is 3.82. The Morgan fingerprint density at radius 3 is 2.57 bits per heavy atom. The number of aryl methyl sites for hydroxylation is 1. The SMILES string of the molecule is C/C(CC(=O)Nc1ccc(C)cc1)=N\N1CC1c1ccccc1. The molecule has 0 aliphatic carbocycles. The number of rotatable bonds is 5. The van der Waals surface area contributed by atoms with Crippen LogP contribution in [0.3, 0.4) is 0 Å². The zero-order chi connectivity index (χ0) is 16.2. The molecule has 1 aliphatic rings. The van der Waals surface area contributed by atoms with Crippen LogP contribution in [0, 0.1) is 6.92 Å². The van der Waals surface area contributed by atoms with Crippen molar-refractivity contribution in [3.8, 4) is 0 Å². The summed E-state index contributed by atoms with van der Waals surface area (Å²) in [6.07, 6.45) is 0.311. The van der Waals surface area contributed by atoms with E-state index in [0.29, 0.717) is 12.5 Å². The number of anilines is 1. The topological polar surface area (TPSA) is 44.5 Å². The van der Waals surface area contributed by atoms with Crippen LogP contribution in [0.4, 0.5) is 5.69 Å². The van der Waals surface area contributed by atoms with E-state index in [1.165, 1.54) is 11.1 Å². The van der Waals surface area contributed by atoms with Crippen LogP contribution in [0.5, 0.6) is 0 Å². The highest BCUT2D eigenvalue weighted by Crippen LogP contribution is 2.34. The first-order valence-corrected chi connectivity index (χ1v) is 7.84. The predicted molar refractivity (Wildman–Crippen MR) is 93.4 cm³/mol. The van der Waals surface area contributed by atoms with Crippen molar-refractivity contribution >= 4 is 17.3 Å². The Bertz CT molecular complexity index is 707. The van der Waals surface area contributed by atoms with Crippen molar-refractivity contribution in [2.75, 3.05) is 11.9 Å². The van der Waals surface area contributed by atoms with Crippen molar-refractivity contribution in [3.63, 3.8) is 0 Å². The van der Waals surface area contributed by atoms with Gasteiger partial charge in [0, 0.05) is 11.4 Å². The van der Waals surface area contributed by atoms with Crippen molar-refractivity contribution in [2.24, 2.45) is 5.10 Å². The molecule has 4 heteroatoms. The van der Waals surface area contributed by atoms with Crippen molar-refractivity contribution in [2.45, 2.75) is 26.3 Å². The highest BCUT2D eigenvalue weighted by molar-refractivity contribution is 6.05. The molecule has 1 amide bonds. The molecule has 0 saturated carbocycles. The fourth-order valence-electron chi connectivity index (χ4n) is 2.52. The number of nitrogens with one attached hydrogen (secondary N) is 1. The van der Waals surface area contributed by atoms with E-state index >= 15 is 0 Å². The number of benzene rings is 2. The number of amides is 1. The molecule has 1 unspecified atom stereocenters. The zero-order valence-corrected chi connectivity index (χ0v) is 13.5. The van der Waals surface area contributed by atoms with Crippen molar-refractivity contribution in [3.05, 3.63) is 65.7 Å². The number of nitrogens with zero attached hydrogens (tertiary/aromatic N) is 2. The van der Waals surface area contributed by atoms with Crippen LogP contribution in [-0.4, -0.2) is 23.2 Å². The summed E-state index contributed by atoms with van der Waals surface area (Å²) in [6.45, 7) is 4.84. The van der Waals surface area contributed by atoms with Gasteiger partial charge in [0.2, 0.25) is 5.91 Å². The monoisotopic (exact) mass is 307 g/mol.